The van der Waals surface area contributed by atoms with Gasteiger partial charge in [-0.15, -0.1) is 0 Å². The van der Waals surface area contributed by atoms with Gasteiger partial charge in [0.25, 0.3) is 0 Å². The molecule has 2 N–H and O–H groups in total. The second kappa shape index (κ2) is 7.48. The molecular formula is C12H15NaO4. The van der Waals surface area contributed by atoms with Gasteiger partial charge in [0.1, 0.15) is 0 Å². The molecule has 1 unspecified atom stereocenters. The Morgan fingerprint density at radius 2 is 1.76 bits per heavy atom. The van der Waals surface area contributed by atoms with Crippen LogP contribution in [0.5, 0.6) is 0 Å². The molecule has 1 rings (SSSR count). The molecule has 0 aliphatic heterocycles. The number of carboxylic acids is 2. The standard InChI is InChI=1S/C12H14O4.Na.H/c1-8-2-4-9(5-3-8)6-10(12(15)16)7-11(13)14;;/h2-5,10H,6-7H2,1H3,(H,13,14)(H,15,16);;/q;+1;-1. The van der Waals surface area contributed by atoms with Crippen molar-refractivity contribution in [1.29, 1.82) is 0 Å². The van der Waals surface area contributed by atoms with Crippen molar-refractivity contribution >= 4 is 11.9 Å². The van der Waals surface area contributed by atoms with E-state index >= 15 is 0 Å². The topological polar surface area (TPSA) is 74.6 Å². The summed E-state index contributed by atoms with van der Waals surface area (Å²) >= 11 is 0. The molecule has 0 fully saturated rings. The molecule has 1 atom stereocenters. The number of aliphatic carboxylic acids is 2. The van der Waals surface area contributed by atoms with Crippen LogP contribution in [0.3, 0.4) is 0 Å². The van der Waals surface area contributed by atoms with Gasteiger partial charge in [-0.05, 0) is 18.9 Å². The fourth-order valence-corrected chi connectivity index (χ4v) is 1.47. The summed E-state index contributed by atoms with van der Waals surface area (Å²) in [5, 5.41) is 17.5. The number of hydrogen-bond donors (Lipinski definition) is 2. The Morgan fingerprint density at radius 3 is 2.18 bits per heavy atom. The van der Waals surface area contributed by atoms with Crippen LogP contribution in [-0.4, -0.2) is 22.2 Å². The van der Waals surface area contributed by atoms with Crippen molar-refractivity contribution in [2.24, 2.45) is 5.92 Å². The summed E-state index contributed by atoms with van der Waals surface area (Å²) in [6.45, 7) is 1.94. The molecule has 17 heavy (non-hydrogen) atoms. The van der Waals surface area contributed by atoms with Gasteiger partial charge in [-0.2, -0.15) is 0 Å². The first-order valence-electron chi connectivity index (χ1n) is 4.99. The summed E-state index contributed by atoms with van der Waals surface area (Å²) in [5.74, 6) is -3.01. The van der Waals surface area contributed by atoms with E-state index in [1.165, 1.54) is 0 Å². The average molecular weight is 246 g/mol. The van der Waals surface area contributed by atoms with Crippen molar-refractivity contribution in [1.82, 2.24) is 0 Å². The Hall–Kier alpha value is -0.840. The van der Waals surface area contributed by atoms with Gasteiger partial charge in [0.15, 0.2) is 0 Å². The van der Waals surface area contributed by atoms with Crippen LogP contribution in [-0.2, 0) is 16.0 Å². The fourth-order valence-electron chi connectivity index (χ4n) is 1.47. The van der Waals surface area contributed by atoms with Crippen LogP contribution in [0, 0.1) is 12.8 Å². The first-order valence-corrected chi connectivity index (χ1v) is 4.99. The summed E-state index contributed by atoms with van der Waals surface area (Å²) in [6, 6.07) is 7.42. The molecule has 0 aliphatic rings. The van der Waals surface area contributed by atoms with Crippen LogP contribution in [0.25, 0.3) is 0 Å². The number of hydrogen-bond acceptors (Lipinski definition) is 2. The van der Waals surface area contributed by atoms with Crippen molar-refractivity contribution in [3.05, 3.63) is 35.4 Å². The van der Waals surface area contributed by atoms with E-state index < -0.39 is 17.9 Å². The van der Waals surface area contributed by atoms with Crippen molar-refractivity contribution < 1.29 is 50.8 Å². The number of aryl methyl sites for hydroxylation is 1. The summed E-state index contributed by atoms with van der Waals surface area (Å²) in [5.41, 5.74) is 1.94. The number of carboxylic acid groups (broad SMARTS) is 2. The molecule has 0 saturated heterocycles. The minimum atomic E-state index is -1.08. The van der Waals surface area contributed by atoms with Gasteiger partial charge >= 0.3 is 41.5 Å². The zero-order valence-corrected chi connectivity index (χ0v) is 12.0. The Balaban J connectivity index is 0. The molecule has 5 heteroatoms. The van der Waals surface area contributed by atoms with Crippen LogP contribution in [0.2, 0.25) is 0 Å². The van der Waals surface area contributed by atoms with E-state index in [1.807, 2.05) is 31.2 Å². The summed E-state index contributed by atoms with van der Waals surface area (Å²) in [6.07, 6.45) is -0.0921. The predicted molar refractivity (Wildman–Crippen MR) is 59.4 cm³/mol. The van der Waals surface area contributed by atoms with Crippen LogP contribution in [0.15, 0.2) is 24.3 Å². The van der Waals surface area contributed by atoms with Gasteiger partial charge < -0.3 is 11.6 Å². The summed E-state index contributed by atoms with van der Waals surface area (Å²) in [7, 11) is 0. The van der Waals surface area contributed by atoms with Crippen molar-refractivity contribution in [2.45, 2.75) is 19.8 Å². The predicted octanol–water partition coefficient (Wildman–Crippen LogP) is -1.17. The maximum absolute atomic E-state index is 10.8. The molecule has 0 spiro atoms. The quantitative estimate of drug-likeness (QED) is 0.642. The van der Waals surface area contributed by atoms with Crippen LogP contribution in [0.1, 0.15) is 19.0 Å². The first-order chi connectivity index (χ1) is 7.49. The van der Waals surface area contributed by atoms with E-state index in [9.17, 15) is 9.59 Å². The molecule has 0 amide bonds. The van der Waals surface area contributed by atoms with Gasteiger partial charge in [0.05, 0.1) is 12.3 Å². The minimum absolute atomic E-state index is 0. The average Bonchev–Trinajstić information content (AvgIpc) is 2.19. The molecule has 0 aromatic heterocycles. The third-order valence-electron chi connectivity index (χ3n) is 2.37. The Labute approximate surface area is 123 Å². The Kier molecular flexibility index (Phi) is 7.11. The molecule has 0 aliphatic carbocycles. The maximum Gasteiger partial charge on any atom is 1.00 e. The van der Waals surface area contributed by atoms with Crippen molar-refractivity contribution in [2.75, 3.05) is 0 Å². The molecule has 1 aromatic rings. The molecule has 1 aromatic carbocycles. The molecule has 0 radical (unpaired) electrons. The number of rotatable bonds is 5. The zero-order chi connectivity index (χ0) is 12.1. The molecule has 0 bridgehead atoms. The second-order valence-corrected chi connectivity index (χ2v) is 3.82. The molecule has 0 heterocycles. The summed E-state index contributed by atoms with van der Waals surface area (Å²) < 4.78 is 0. The number of carbonyl (C=O) groups is 2. The molecule has 88 valence electrons. The van der Waals surface area contributed by atoms with E-state index in [0.29, 0.717) is 0 Å². The molecular weight excluding hydrogens is 231 g/mol. The SMILES string of the molecule is Cc1ccc(CC(CC(=O)O)C(=O)O)cc1.[H-].[Na+]. The minimum Gasteiger partial charge on any atom is -1.00 e. The van der Waals surface area contributed by atoms with Crippen LogP contribution >= 0.6 is 0 Å². The first kappa shape index (κ1) is 16.2. The monoisotopic (exact) mass is 246 g/mol. The third-order valence-corrected chi connectivity index (χ3v) is 2.37. The van der Waals surface area contributed by atoms with Crippen molar-refractivity contribution in [3.63, 3.8) is 0 Å². The Morgan fingerprint density at radius 1 is 1.24 bits per heavy atom. The van der Waals surface area contributed by atoms with Crippen LogP contribution in [0.4, 0.5) is 0 Å². The van der Waals surface area contributed by atoms with E-state index in [0.717, 1.165) is 11.1 Å². The van der Waals surface area contributed by atoms with E-state index in [2.05, 4.69) is 0 Å². The third kappa shape index (κ3) is 5.86. The van der Waals surface area contributed by atoms with Crippen molar-refractivity contribution in [3.8, 4) is 0 Å². The van der Waals surface area contributed by atoms with Gasteiger partial charge in [-0.3, -0.25) is 9.59 Å². The fraction of sp³-hybridized carbons (Fsp3) is 0.333. The summed E-state index contributed by atoms with van der Waals surface area (Å²) in [4.78, 5) is 21.3. The second-order valence-electron chi connectivity index (χ2n) is 3.82. The number of benzene rings is 1. The largest absolute Gasteiger partial charge is 1.00 e. The van der Waals surface area contributed by atoms with Crippen LogP contribution < -0.4 is 29.6 Å². The van der Waals surface area contributed by atoms with E-state index in [4.69, 9.17) is 10.2 Å². The van der Waals surface area contributed by atoms with Gasteiger partial charge in [0, 0.05) is 0 Å². The smallest absolute Gasteiger partial charge is 1.00 e. The van der Waals surface area contributed by atoms with Gasteiger partial charge in [-0.25, -0.2) is 0 Å². The molecule has 4 nitrogen and oxygen atoms in total. The Bertz CT molecular complexity index is 392. The molecule has 0 saturated carbocycles. The van der Waals surface area contributed by atoms with Gasteiger partial charge in [0.2, 0.25) is 0 Å². The normalized spacial score (nSPS) is 11.4. The van der Waals surface area contributed by atoms with E-state index in [-0.39, 0.29) is 43.8 Å². The van der Waals surface area contributed by atoms with Gasteiger partial charge in [-0.1, -0.05) is 29.8 Å². The maximum atomic E-state index is 10.8. The van der Waals surface area contributed by atoms with E-state index in [1.54, 1.807) is 0 Å². The zero-order valence-electron chi connectivity index (χ0n) is 11.0.